The minimum atomic E-state index is -0.212. The Bertz CT molecular complexity index is 392. The van der Waals surface area contributed by atoms with Gasteiger partial charge in [-0.2, -0.15) is 5.26 Å². The van der Waals surface area contributed by atoms with Crippen LogP contribution in [0.2, 0.25) is 0 Å². The second kappa shape index (κ2) is 9.35. The molecule has 118 valence electrons. The number of carbonyl (C=O) groups is 2. The third kappa shape index (κ3) is 5.72. The number of rotatable bonds is 7. The van der Waals surface area contributed by atoms with Gasteiger partial charge in [0, 0.05) is 26.6 Å². The van der Waals surface area contributed by atoms with Gasteiger partial charge in [0.25, 0.3) is 0 Å². The molecule has 6 nitrogen and oxygen atoms in total. The molecule has 0 spiro atoms. The number of hydrogen-bond acceptors (Lipinski definition) is 5. The van der Waals surface area contributed by atoms with Crippen molar-refractivity contribution in [3.05, 3.63) is 0 Å². The topological polar surface area (TPSA) is 73.6 Å². The lowest BCUT2D eigenvalue weighted by atomic mass is 10.0. The molecule has 1 aliphatic rings. The van der Waals surface area contributed by atoms with Crippen molar-refractivity contribution < 1.29 is 14.3 Å². The van der Waals surface area contributed by atoms with Crippen LogP contribution in [0.1, 0.15) is 39.0 Å². The van der Waals surface area contributed by atoms with Gasteiger partial charge in [-0.1, -0.05) is 6.42 Å². The maximum Gasteiger partial charge on any atom is 0.323 e. The molecule has 0 bridgehead atoms. The molecule has 1 aliphatic heterocycles. The van der Waals surface area contributed by atoms with E-state index in [9.17, 15) is 9.59 Å². The van der Waals surface area contributed by atoms with Gasteiger partial charge in [-0.25, -0.2) is 0 Å². The van der Waals surface area contributed by atoms with Crippen LogP contribution in [0.15, 0.2) is 0 Å². The highest BCUT2D eigenvalue weighted by molar-refractivity contribution is 5.77. The SMILES string of the molecule is CCOC(=O)C1CCCCN1CCC(=O)N(C)CCC#N. The van der Waals surface area contributed by atoms with Crippen LogP contribution in [-0.2, 0) is 14.3 Å². The molecule has 0 radical (unpaired) electrons. The van der Waals surface area contributed by atoms with Crippen LogP contribution < -0.4 is 0 Å². The summed E-state index contributed by atoms with van der Waals surface area (Å²) in [6.07, 6.45) is 3.59. The highest BCUT2D eigenvalue weighted by Crippen LogP contribution is 2.18. The van der Waals surface area contributed by atoms with E-state index in [1.165, 1.54) is 0 Å². The third-order valence-electron chi connectivity index (χ3n) is 3.77. The summed E-state index contributed by atoms with van der Waals surface area (Å²) in [4.78, 5) is 27.5. The molecule has 1 fully saturated rings. The number of nitrogens with zero attached hydrogens (tertiary/aromatic N) is 3. The quantitative estimate of drug-likeness (QED) is 0.659. The molecular weight excluding hydrogens is 270 g/mol. The summed E-state index contributed by atoms with van der Waals surface area (Å²) >= 11 is 0. The Hall–Kier alpha value is -1.61. The molecule has 1 saturated heterocycles. The first-order valence-electron chi connectivity index (χ1n) is 7.61. The molecule has 0 aromatic heterocycles. The van der Waals surface area contributed by atoms with E-state index in [0.29, 0.717) is 32.5 Å². The number of nitriles is 1. The maximum atomic E-state index is 12.0. The van der Waals surface area contributed by atoms with Crippen LogP contribution in [-0.4, -0.2) is 61.0 Å². The molecule has 1 heterocycles. The Morgan fingerprint density at radius 3 is 2.86 bits per heavy atom. The van der Waals surface area contributed by atoms with E-state index in [-0.39, 0.29) is 17.9 Å². The van der Waals surface area contributed by atoms with Crippen molar-refractivity contribution in [3.8, 4) is 6.07 Å². The van der Waals surface area contributed by atoms with Gasteiger partial charge in [0.05, 0.1) is 19.1 Å². The fraction of sp³-hybridized carbons (Fsp3) is 0.800. The predicted octanol–water partition coefficient (Wildman–Crippen LogP) is 1.17. The zero-order valence-electron chi connectivity index (χ0n) is 13.0. The molecule has 0 N–H and O–H groups in total. The largest absolute Gasteiger partial charge is 0.465 e. The summed E-state index contributed by atoms with van der Waals surface area (Å²) in [5, 5.41) is 8.53. The van der Waals surface area contributed by atoms with Gasteiger partial charge in [0.15, 0.2) is 0 Å². The standard InChI is InChI=1S/C15H25N3O3/c1-3-21-15(20)13-7-4-5-11-18(13)12-8-14(19)17(2)10-6-9-16/h13H,3-8,10-12H2,1-2H3. The van der Waals surface area contributed by atoms with Crippen molar-refractivity contribution in [3.63, 3.8) is 0 Å². The number of esters is 1. The van der Waals surface area contributed by atoms with Crippen molar-refractivity contribution in [1.82, 2.24) is 9.80 Å². The second-order valence-corrected chi connectivity index (χ2v) is 5.27. The Morgan fingerprint density at radius 1 is 1.43 bits per heavy atom. The van der Waals surface area contributed by atoms with Crippen molar-refractivity contribution in [1.29, 1.82) is 5.26 Å². The summed E-state index contributed by atoms with van der Waals surface area (Å²) in [5.41, 5.74) is 0. The smallest absolute Gasteiger partial charge is 0.323 e. The first kappa shape index (κ1) is 17.4. The van der Waals surface area contributed by atoms with Crippen LogP contribution in [0.3, 0.4) is 0 Å². The van der Waals surface area contributed by atoms with Gasteiger partial charge >= 0.3 is 5.97 Å². The van der Waals surface area contributed by atoms with E-state index in [1.807, 2.05) is 6.07 Å². The highest BCUT2D eigenvalue weighted by Gasteiger charge is 2.29. The van der Waals surface area contributed by atoms with E-state index in [4.69, 9.17) is 10.00 Å². The van der Waals surface area contributed by atoms with Crippen LogP contribution in [0.5, 0.6) is 0 Å². The van der Waals surface area contributed by atoms with E-state index in [2.05, 4.69) is 4.90 Å². The molecule has 1 atom stereocenters. The molecule has 0 aromatic carbocycles. The number of carbonyl (C=O) groups excluding carboxylic acids is 2. The molecule has 0 aliphatic carbocycles. The molecule has 1 unspecified atom stereocenters. The summed E-state index contributed by atoms with van der Waals surface area (Å²) in [7, 11) is 1.71. The van der Waals surface area contributed by atoms with Crippen LogP contribution >= 0.6 is 0 Å². The number of ether oxygens (including phenoxy) is 1. The lowest BCUT2D eigenvalue weighted by Gasteiger charge is -2.34. The number of amides is 1. The van der Waals surface area contributed by atoms with Gasteiger partial charge in [0.1, 0.15) is 6.04 Å². The Morgan fingerprint density at radius 2 is 2.19 bits per heavy atom. The summed E-state index contributed by atoms with van der Waals surface area (Å²) in [5.74, 6) is -0.166. The van der Waals surface area contributed by atoms with E-state index < -0.39 is 0 Å². The van der Waals surface area contributed by atoms with Crippen molar-refractivity contribution >= 4 is 11.9 Å². The summed E-state index contributed by atoms with van der Waals surface area (Å²) < 4.78 is 5.11. The molecule has 0 aromatic rings. The number of hydrogen-bond donors (Lipinski definition) is 0. The number of likely N-dealkylation sites (tertiary alicyclic amines) is 1. The van der Waals surface area contributed by atoms with Crippen molar-refractivity contribution in [2.24, 2.45) is 0 Å². The van der Waals surface area contributed by atoms with Gasteiger partial charge in [-0.15, -0.1) is 0 Å². The maximum absolute atomic E-state index is 12.0. The predicted molar refractivity (Wildman–Crippen MR) is 78.3 cm³/mol. The average Bonchev–Trinajstić information content (AvgIpc) is 2.50. The average molecular weight is 295 g/mol. The van der Waals surface area contributed by atoms with Crippen LogP contribution in [0, 0.1) is 11.3 Å². The fourth-order valence-electron chi connectivity index (χ4n) is 2.54. The lowest BCUT2D eigenvalue weighted by Crippen LogP contribution is -2.46. The Kier molecular flexibility index (Phi) is 7.76. The first-order valence-corrected chi connectivity index (χ1v) is 7.61. The van der Waals surface area contributed by atoms with E-state index in [1.54, 1.807) is 18.9 Å². The van der Waals surface area contributed by atoms with E-state index >= 15 is 0 Å². The van der Waals surface area contributed by atoms with Gasteiger partial charge in [0.2, 0.25) is 5.91 Å². The van der Waals surface area contributed by atoms with Crippen molar-refractivity contribution in [2.45, 2.75) is 45.1 Å². The third-order valence-corrected chi connectivity index (χ3v) is 3.77. The molecule has 1 amide bonds. The Labute approximate surface area is 126 Å². The molecule has 0 saturated carbocycles. The molecule has 1 rings (SSSR count). The molecule has 6 heteroatoms. The van der Waals surface area contributed by atoms with Gasteiger partial charge in [-0.3, -0.25) is 14.5 Å². The summed E-state index contributed by atoms with van der Waals surface area (Å²) in [6.45, 7) is 4.05. The lowest BCUT2D eigenvalue weighted by molar-refractivity contribution is -0.151. The van der Waals surface area contributed by atoms with Gasteiger partial charge in [-0.05, 0) is 26.3 Å². The fourth-order valence-corrected chi connectivity index (χ4v) is 2.54. The summed E-state index contributed by atoms with van der Waals surface area (Å²) in [6, 6.07) is 1.82. The highest BCUT2D eigenvalue weighted by atomic mass is 16.5. The van der Waals surface area contributed by atoms with Crippen LogP contribution in [0.25, 0.3) is 0 Å². The molecule has 21 heavy (non-hydrogen) atoms. The minimum Gasteiger partial charge on any atom is -0.465 e. The minimum absolute atomic E-state index is 0.0124. The van der Waals surface area contributed by atoms with Crippen molar-refractivity contribution in [2.75, 3.05) is 33.3 Å². The van der Waals surface area contributed by atoms with Gasteiger partial charge < -0.3 is 9.64 Å². The first-order chi connectivity index (χ1) is 10.1. The van der Waals surface area contributed by atoms with Crippen LogP contribution in [0.4, 0.5) is 0 Å². The zero-order valence-corrected chi connectivity index (χ0v) is 13.0. The zero-order chi connectivity index (χ0) is 15.7. The number of piperidine rings is 1. The molecular formula is C15H25N3O3. The monoisotopic (exact) mass is 295 g/mol. The normalized spacial score (nSPS) is 18.8. The van der Waals surface area contributed by atoms with E-state index in [0.717, 1.165) is 25.8 Å². The second-order valence-electron chi connectivity index (χ2n) is 5.27. The Balaban J connectivity index is 2.45.